The zero-order valence-electron chi connectivity index (χ0n) is 16.4. The van der Waals surface area contributed by atoms with E-state index >= 15 is 0 Å². The first kappa shape index (κ1) is 20.0. The van der Waals surface area contributed by atoms with Crippen molar-refractivity contribution in [2.75, 3.05) is 6.54 Å². The Kier molecular flexibility index (Phi) is 5.45. The van der Waals surface area contributed by atoms with E-state index in [1.54, 1.807) is 18.4 Å². The lowest BCUT2D eigenvalue weighted by molar-refractivity contribution is 0.0969. The molecule has 30 heavy (non-hydrogen) atoms. The van der Waals surface area contributed by atoms with Gasteiger partial charge in [0.05, 0.1) is 11.7 Å². The molecule has 0 fully saturated rings. The van der Waals surface area contributed by atoms with E-state index in [-0.39, 0.29) is 24.0 Å². The lowest BCUT2D eigenvalue weighted by atomic mass is 10.0. The van der Waals surface area contributed by atoms with Crippen molar-refractivity contribution in [3.63, 3.8) is 0 Å². The molecule has 0 aliphatic carbocycles. The number of halogens is 1. The van der Waals surface area contributed by atoms with Gasteiger partial charge in [0.1, 0.15) is 17.9 Å². The average Bonchev–Trinajstić information content (AvgIpc) is 3.25. The molecule has 4 rings (SSSR count). The second-order valence-electron chi connectivity index (χ2n) is 7.30. The summed E-state index contributed by atoms with van der Waals surface area (Å²) in [5, 5.41) is 10.3. The van der Waals surface area contributed by atoms with Crippen LogP contribution in [0.2, 0.25) is 0 Å². The molecule has 2 aromatic heterocycles. The molecule has 8 nitrogen and oxygen atoms in total. The van der Waals surface area contributed by atoms with Gasteiger partial charge in [0.2, 0.25) is 5.75 Å². The highest BCUT2D eigenvalue weighted by Crippen LogP contribution is 2.26. The van der Waals surface area contributed by atoms with Gasteiger partial charge in [0.15, 0.2) is 17.9 Å². The minimum Gasteiger partial charge on any atom is -0.501 e. The van der Waals surface area contributed by atoms with Crippen molar-refractivity contribution in [1.29, 1.82) is 0 Å². The Hall–Kier alpha value is -3.33. The number of aromatic hydroxyl groups is 1. The van der Waals surface area contributed by atoms with Crippen LogP contribution in [0.3, 0.4) is 0 Å². The maximum atomic E-state index is 13.0. The van der Waals surface area contributed by atoms with Crippen LogP contribution in [-0.4, -0.2) is 36.9 Å². The molecule has 0 saturated carbocycles. The number of carbonyl (C=O) groups excluding carboxylic acids is 1. The van der Waals surface area contributed by atoms with Gasteiger partial charge >= 0.3 is 0 Å². The molecule has 0 amide bonds. The van der Waals surface area contributed by atoms with Crippen LogP contribution in [-0.2, 0) is 19.5 Å². The van der Waals surface area contributed by atoms with Crippen LogP contribution in [0.4, 0.5) is 4.39 Å². The van der Waals surface area contributed by atoms with Gasteiger partial charge in [-0.05, 0) is 31.0 Å². The normalized spacial score (nSPS) is 16.4. The van der Waals surface area contributed by atoms with E-state index in [1.807, 2.05) is 6.92 Å². The summed E-state index contributed by atoms with van der Waals surface area (Å²) < 4.78 is 19.5. The third kappa shape index (κ3) is 3.88. The van der Waals surface area contributed by atoms with Crippen LogP contribution in [0.25, 0.3) is 0 Å². The molecular formula is C21H21FN4O4. The molecule has 1 N–H and O–H groups in total. The summed E-state index contributed by atoms with van der Waals surface area (Å²) in [5.74, 6) is -0.980. The topological polar surface area (TPSA) is 101 Å². The number of carbonyl (C=O) groups is 1. The maximum Gasteiger partial charge on any atom is 0.296 e. The summed E-state index contributed by atoms with van der Waals surface area (Å²) in [6, 6.07) is 5.59. The number of fused-ring (bicyclic) bond motifs is 1. The smallest absolute Gasteiger partial charge is 0.296 e. The number of oxazole rings is 1. The fourth-order valence-electron chi connectivity index (χ4n) is 3.64. The Morgan fingerprint density at radius 3 is 2.77 bits per heavy atom. The number of benzene rings is 1. The highest BCUT2D eigenvalue weighted by Gasteiger charge is 2.30. The Morgan fingerprint density at radius 1 is 1.30 bits per heavy atom. The standard InChI is InChI=1S/C21H21FN4O4/c1-13-20-24-18(17(27)7-4-14-2-5-15(22)6-3-14)19(28)21(29)26(20)9-8-25(13)10-16-11-30-12-23-16/h2-3,5-6,11-13,28H,4,7-10H2,1H3. The van der Waals surface area contributed by atoms with Crippen LogP contribution in [0, 0.1) is 5.82 Å². The van der Waals surface area contributed by atoms with E-state index in [0.29, 0.717) is 31.9 Å². The highest BCUT2D eigenvalue weighted by molar-refractivity contribution is 5.96. The summed E-state index contributed by atoms with van der Waals surface area (Å²) in [6.45, 7) is 3.32. The number of aryl methyl sites for hydroxylation is 1. The van der Waals surface area contributed by atoms with Crippen LogP contribution < -0.4 is 5.56 Å². The molecule has 156 valence electrons. The van der Waals surface area contributed by atoms with E-state index < -0.39 is 17.1 Å². The molecule has 1 aliphatic heterocycles. The number of nitrogens with zero attached hydrogens (tertiary/aromatic N) is 4. The lowest BCUT2D eigenvalue weighted by Gasteiger charge is -2.34. The number of hydrogen-bond acceptors (Lipinski definition) is 7. The molecular weight excluding hydrogens is 391 g/mol. The van der Waals surface area contributed by atoms with Crippen LogP contribution in [0.5, 0.6) is 5.75 Å². The minimum absolute atomic E-state index is 0.0477. The summed E-state index contributed by atoms with van der Waals surface area (Å²) in [6.07, 6.45) is 3.32. The van der Waals surface area contributed by atoms with Crippen molar-refractivity contribution in [3.05, 3.63) is 75.9 Å². The molecule has 1 unspecified atom stereocenters. The van der Waals surface area contributed by atoms with Crippen LogP contribution >= 0.6 is 0 Å². The second kappa shape index (κ2) is 8.19. The van der Waals surface area contributed by atoms with Gasteiger partial charge in [0.25, 0.3) is 5.56 Å². The first-order valence-corrected chi connectivity index (χ1v) is 9.66. The zero-order valence-corrected chi connectivity index (χ0v) is 16.4. The van der Waals surface area contributed by atoms with Gasteiger partial charge in [-0.15, -0.1) is 0 Å². The van der Waals surface area contributed by atoms with Crippen molar-refractivity contribution in [2.45, 2.75) is 38.9 Å². The second-order valence-corrected chi connectivity index (χ2v) is 7.30. The highest BCUT2D eigenvalue weighted by atomic mass is 19.1. The minimum atomic E-state index is -0.625. The van der Waals surface area contributed by atoms with Crippen LogP contribution in [0.1, 0.15) is 47.0 Å². The van der Waals surface area contributed by atoms with E-state index in [1.165, 1.54) is 23.1 Å². The quantitative estimate of drug-likeness (QED) is 0.621. The molecule has 0 spiro atoms. The summed E-state index contributed by atoms with van der Waals surface area (Å²) in [4.78, 5) is 35.9. The first-order valence-electron chi connectivity index (χ1n) is 9.66. The van der Waals surface area contributed by atoms with Crippen molar-refractivity contribution in [2.24, 2.45) is 0 Å². The SMILES string of the molecule is CC1c2nc(C(=O)CCc3ccc(F)cc3)c(O)c(=O)n2CCN1Cc1cocn1. The zero-order chi connectivity index (χ0) is 21.3. The van der Waals surface area contributed by atoms with Gasteiger partial charge < -0.3 is 9.52 Å². The maximum absolute atomic E-state index is 13.0. The Bertz CT molecular complexity index is 1110. The molecule has 3 heterocycles. The number of Topliss-reactive ketones (excluding diaryl/α,β-unsaturated/α-hetero) is 1. The predicted molar refractivity (Wildman–Crippen MR) is 105 cm³/mol. The van der Waals surface area contributed by atoms with Gasteiger partial charge in [-0.3, -0.25) is 19.1 Å². The third-order valence-corrected chi connectivity index (χ3v) is 5.37. The molecule has 1 atom stereocenters. The molecule has 1 aromatic carbocycles. The van der Waals surface area contributed by atoms with Gasteiger partial charge in [-0.1, -0.05) is 12.1 Å². The fourth-order valence-corrected chi connectivity index (χ4v) is 3.64. The van der Waals surface area contributed by atoms with E-state index in [2.05, 4.69) is 14.9 Å². The largest absolute Gasteiger partial charge is 0.501 e. The number of rotatable bonds is 6. The number of ketones is 1. The summed E-state index contributed by atoms with van der Waals surface area (Å²) >= 11 is 0. The molecule has 0 saturated heterocycles. The van der Waals surface area contributed by atoms with Gasteiger partial charge in [-0.2, -0.15) is 0 Å². The molecule has 0 bridgehead atoms. The third-order valence-electron chi connectivity index (χ3n) is 5.37. The first-order chi connectivity index (χ1) is 14.4. The summed E-state index contributed by atoms with van der Waals surface area (Å²) in [5.41, 5.74) is 0.708. The van der Waals surface area contributed by atoms with Crippen molar-refractivity contribution < 1.29 is 18.7 Å². The number of aromatic nitrogens is 3. The van der Waals surface area contributed by atoms with E-state index in [9.17, 15) is 19.1 Å². The van der Waals surface area contributed by atoms with Gasteiger partial charge in [-0.25, -0.2) is 14.4 Å². The fraction of sp³-hybridized carbons (Fsp3) is 0.333. The Morgan fingerprint density at radius 2 is 2.07 bits per heavy atom. The van der Waals surface area contributed by atoms with Crippen molar-refractivity contribution >= 4 is 5.78 Å². The lowest BCUT2D eigenvalue weighted by Crippen LogP contribution is -2.42. The molecule has 9 heteroatoms. The van der Waals surface area contributed by atoms with Crippen molar-refractivity contribution in [3.8, 4) is 5.75 Å². The van der Waals surface area contributed by atoms with E-state index in [0.717, 1.165) is 11.3 Å². The molecule has 1 aliphatic rings. The Balaban J connectivity index is 1.57. The monoisotopic (exact) mass is 412 g/mol. The Labute approximate surface area is 171 Å². The van der Waals surface area contributed by atoms with Gasteiger partial charge in [0, 0.05) is 26.1 Å². The predicted octanol–water partition coefficient (Wildman–Crippen LogP) is 2.47. The van der Waals surface area contributed by atoms with Crippen molar-refractivity contribution in [1.82, 2.24) is 19.4 Å². The molecule has 3 aromatic rings. The molecule has 0 radical (unpaired) electrons. The summed E-state index contributed by atoms with van der Waals surface area (Å²) in [7, 11) is 0. The number of hydrogen-bond donors (Lipinski definition) is 1. The average molecular weight is 412 g/mol. The van der Waals surface area contributed by atoms with E-state index in [4.69, 9.17) is 4.42 Å². The van der Waals surface area contributed by atoms with Crippen LogP contribution in [0.15, 0.2) is 46.1 Å².